The van der Waals surface area contributed by atoms with E-state index < -0.39 is 31.6 Å². The molecule has 2 aromatic carbocycles. The molecule has 0 aliphatic rings. The highest BCUT2D eigenvalue weighted by Gasteiger charge is 2.18. The lowest BCUT2D eigenvalue weighted by molar-refractivity contribution is -0.141. The number of rotatable bonds is 9. The Morgan fingerprint density at radius 1 is 0.633 bits per heavy atom. The van der Waals surface area contributed by atoms with E-state index >= 15 is 0 Å². The molecule has 0 aromatic heterocycles. The third-order valence-corrected chi connectivity index (χ3v) is 7.83. The van der Waals surface area contributed by atoms with Gasteiger partial charge in [0, 0.05) is 0 Å². The molecule has 0 fully saturated rings. The summed E-state index contributed by atoms with van der Waals surface area (Å²) in [5, 5.41) is 0. The quantitative estimate of drug-likeness (QED) is 0.528. The Morgan fingerprint density at radius 3 is 1.20 bits per heavy atom. The second-order valence-corrected chi connectivity index (χ2v) is 10.6. The van der Waals surface area contributed by atoms with Crippen molar-refractivity contribution in [1.29, 1.82) is 0 Å². The van der Waals surface area contributed by atoms with Crippen molar-refractivity contribution in [1.82, 2.24) is 0 Å². The van der Waals surface area contributed by atoms with Crippen LogP contribution in [0.15, 0.2) is 58.3 Å². The zero-order chi connectivity index (χ0) is 22.4. The third kappa shape index (κ3) is 6.14. The van der Waals surface area contributed by atoms with Crippen LogP contribution in [0.5, 0.6) is 0 Å². The molecule has 0 unspecified atom stereocenters. The van der Waals surface area contributed by atoms with Gasteiger partial charge >= 0.3 is 11.9 Å². The van der Waals surface area contributed by atoms with Crippen LogP contribution in [0.2, 0.25) is 0 Å². The molecule has 0 spiro atoms. The van der Waals surface area contributed by atoms with Crippen LogP contribution in [-0.2, 0) is 38.7 Å². The molecule has 2 aromatic rings. The fourth-order valence-electron chi connectivity index (χ4n) is 2.58. The van der Waals surface area contributed by atoms with E-state index in [9.17, 15) is 26.4 Å². The van der Waals surface area contributed by atoms with Crippen LogP contribution in [0.1, 0.15) is 12.8 Å². The van der Waals surface area contributed by atoms with Gasteiger partial charge in [-0.1, -0.05) is 24.3 Å². The highest BCUT2D eigenvalue weighted by Crippen LogP contribution is 2.24. The average molecular weight is 455 g/mol. The minimum Gasteiger partial charge on any atom is -0.469 e. The lowest BCUT2D eigenvalue weighted by Gasteiger charge is -2.08. The van der Waals surface area contributed by atoms with Crippen molar-refractivity contribution in [3.05, 3.63) is 48.5 Å². The van der Waals surface area contributed by atoms with Crippen LogP contribution >= 0.6 is 0 Å². The van der Waals surface area contributed by atoms with Crippen LogP contribution in [0.25, 0.3) is 11.1 Å². The van der Waals surface area contributed by atoms with Crippen LogP contribution in [0, 0.1) is 0 Å². The summed E-state index contributed by atoms with van der Waals surface area (Å²) >= 11 is 0. The number of esters is 2. The topological polar surface area (TPSA) is 121 Å². The van der Waals surface area contributed by atoms with Gasteiger partial charge in [0.2, 0.25) is 0 Å². The minimum absolute atomic E-state index is 0.0807. The molecule has 0 N–H and O–H groups in total. The van der Waals surface area contributed by atoms with Gasteiger partial charge in [0.15, 0.2) is 19.7 Å². The highest BCUT2D eigenvalue weighted by molar-refractivity contribution is 7.91. The molecule has 30 heavy (non-hydrogen) atoms. The summed E-state index contributed by atoms with van der Waals surface area (Å²) < 4.78 is 58.0. The van der Waals surface area contributed by atoms with Crippen molar-refractivity contribution in [2.75, 3.05) is 25.7 Å². The number of ether oxygens (including phenoxy) is 2. The second kappa shape index (κ2) is 9.86. The SMILES string of the molecule is COC(=O)CCS(=O)(=O)c1ccc(-c2ccc(S(=O)(=O)CCC(=O)OC)cc2)cc1. The largest absolute Gasteiger partial charge is 0.469 e. The first-order chi connectivity index (χ1) is 14.1. The summed E-state index contributed by atoms with van der Waals surface area (Å²) in [6, 6.07) is 12.1. The molecule has 2 rings (SSSR count). The zero-order valence-electron chi connectivity index (χ0n) is 16.5. The summed E-state index contributed by atoms with van der Waals surface area (Å²) in [7, 11) is -4.86. The van der Waals surface area contributed by atoms with E-state index in [4.69, 9.17) is 0 Å². The lowest BCUT2D eigenvalue weighted by atomic mass is 10.1. The van der Waals surface area contributed by atoms with Gasteiger partial charge in [0.05, 0.1) is 48.4 Å². The first-order valence-electron chi connectivity index (χ1n) is 8.89. The van der Waals surface area contributed by atoms with Gasteiger partial charge in [0.25, 0.3) is 0 Å². The van der Waals surface area contributed by atoms with Gasteiger partial charge in [-0.25, -0.2) is 16.8 Å². The third-order valence-electron chi connectivity index (χ3n) is 4.37. The van der Waals surface area contributed by atoms with E-state index in [0.29, 0.717) is 11.1 Å². The molecule has 10 heteroatoms. The normalized spacial score (nSPS) is 11.7. The summed E-state index contributed by atoms with van der Waals surface area (Å²) in [6.07, 6.45) is -0.459. The van der Waals surface area contributed by atoms with Crippen LogP contribution < -0.4 is 0 Å². The Bertz CT molecular complexity index is 1010. The zero-order valence-corrected chi connectivity index (χ0v) is 18.2. The maximum absolute atomic E-state index is 12.3. The number of carbonyl (C=O) groups is 2. The molecule has 8 nitrogen and oxygen atoms in total. The second-order valence-electron chi connectivity index (χ2n) is 6.34. The number of methoxy groups -OCH3 is 2. The number of hydrogen-bond donors (Lipinski definition) is 0. The van der Waals surface area contributed by atoms with Gasteiger partial charge in [-0.2, -0.15) is 0 Å². The van der Waals surface area contributed by atoms with E-state index in [1.807, 2.05) is 0 Å². The maximum atomic E-state index is 12.3. The molecular formula is C20H22O8S2. The molecule has 0 aliphatic carbocycles. The summed E-state index contributed by atoms with van der Waals surface area (Å²) in [4.78, 5) is 22.5. The van der Waals surface area contributed by atoms with Crippen molar-refractivity contribution in [2.24, 2.45) is 0 Å². The fraction of sp³-hybridized carbons (Fsp3) is 0.300. The van der Waals surface area contributed by atoms with Crippen LogP contribution in [-0.4, -0.2) is 54.5 Å². The number of hydrogen-bond acceptors (Lipinski definition) is 8. The average Bonchev–Trinajstić information content (AvgIpc) is 2.76. The molecule has 162 valence electrons. The van der Waals surface area contributed by atoms with Crippen LogP contribution in [0.4, 0.5) is 0 Å². The van der Waals surface area contributed by atoms with Crippen molar-refractivity contribution < 1.29 is 35.9 Å². The van der Waals surface area contributed by atoms with E-state index in [2.05, 4.69) is 9.47 Å². The van der Waals surface area contributed by atoms with Gasteiger partial charge in [0.1, 0.15) is 0 Å². The fourth-order valence-corrected chi connectivity index (χ4v) is 5.03. The number of benzene rings is 2. The Kier molecular flexibility index (Phi) is 7.74. The molecule has 0 radical (unpaired) electrons. The van der Waals surface area contributed by atoms with E-state index in [0.717, 1.165) is 0 Å². The van der Waals surface area contributed by atoms with Gasteiger partial charge in [-0.3, -0.25) is 9.59 Å². The smallest absolute Gasteiger partial charge is 0.306 e. The first-order valence-corrected chi connectivity index (χ1v) is 12.2. The highest BCUT2D eigenvalue weighted by atomic mass is 32.2. The number of carbonyl (C=O) groups excluding carboxylic acids is 2. The predicted octanol–water partition coefficient (Wildman–Crippen LogP) is 2.03. The van der Waals surface area contributed by atoms with Gasteiger partial charge in [-0.15, -0.1) is 0 Å². The monoisotopic (exact) mass is 454 g/mol. The van der Waals surface area contributed by atoms with Crippen LogP contribution in [0.3, 0.4) is 0 Å². The molecule has 0 saturated carbocycles. The Balaban J connectivity index is 2.14. The van der Waals surface area contributed by atoms with E-state index in [1.54, 1.807) is 24.3 Å². The van der Waals surface area contributed by atoms with Crippen molar-refractivity contribution in [3.63, 3.8) is 0 Å². The number of sulfone groups is 2. The Hall–Kier alpha value is -2.72. The standard InChI is InChI=1S/C20H22O8S2/c1-27-19(21)11-13-29(23,24)17-7-3-15(4-8-17)16-5-9-18(10-6-16)30(25,26)14-12-20(22)28-2/h3-10H,11-14H2,1-2H3. The lowest BCUT2D eigenvalue weighted by Crippen LogP contribution is -2.12. The molecule has 0 bridgehead atoms. The van der Waals surface area contributed by atoms with Gasteiger partial charge in [-0.05, 0) is 35.4 Å². The van der Waals surface area contributed by atoms with Crippen molar-refractivity contribution in [3.8, 4) is 11.1 Å². The molecule has 0 aliphatic heterocycles. The maximum Gasteiger partial charge on any atom is 0.306 e. The molecule has 0 heterocycles. The van der Waals surface area contributed by atoms with E-state index in [-0.39, 0.29) is 34.1 Å². The summed E-state index contributed by atoms with van der Waals surface area (Å²) in [5.41, 5.74) is 1.39. The van der Waals surface area contributed by atoms with Crippen molar-refractivity contribution >= 4 is 31.6 Å². The summed E-state index contributed by atoms with van der Waals surface area (Å²) in [6.45, 7) is 0. The minimum atomic E-state index is -3.62. The van der Waals surface area contributed by atoms with Crippen molar-refractivity contribution in [2.45, 2.75) is 22.6 Å². The molecule has 0 amide bonds. The first kappa shape index (κ1) is 23.6. The predicted molar refractivity (Wildman–Crippen MR) is 109 cm³/mol. The van der Waals surface area contributed by atoms with E-state index in [1.165, 1.54) is 38.5 Å². The van der Waals surface area contributed by atoms with Gasteiger partial charge < -0.3 is 9.47 Å². The molecule has 0 saturated heterocycles. The summed E-state index contributed by atoms with van der Waals surface area (Å²) in [5.74, 6) is -1.90. The molecular weight excluding hydrogens is 432 g/mol. The Labute approximate surface area is 175 Å². The Morgan fingerprint density at radius 2 is 0.933 bits per heavy atom. The molecule has 0 atom stereocenters.